The van der Waals surface area contributed by atoms with Crippen molar-refractivity contribution in [1.82, 2.24) is 10.6 Å². The number of alkyl carbamates (subject to hydrolysis) is 1. The molecule has 2 aromatic carbocycles. The lowest BCUT2D eigenvalue weighted by Gasteiger charge is -2.28. The second kappa shape index (κ2) is 10.2. The number of nitrogens with one attached hydrogen (secondary N) is 2. The van der Waals surface area contributed by atoms with E-state index in [-0.39, 0.29) is 44.8 Å². The molecule has 1 aliphatic heterocycles. The normalized spacial score (nSPS) is 20.9. The number of rotatable bonds is 9. The highest BCUT2D eigenvalue weighted by Crippen LogP contribution is 2.44. The molecule has 0 saturated carbocycles. The SMILES string of the molecule is CC1(C(=O)NCCOCC(=O)O)COCC1NC(=O)OCC1c2ccccc2-c2ccccc21. The van der Waals surface area contributed by atoms with Crippen LogP contribution in [0.2, 0.25) is 0 Å². The smallest absolute Gasteiger partial charge is 0.407 e. The molecule has 1 saturated heterocycles. The van der Waals surface area contributed by atoms with Gasteiger partial charge in [-0.15, -0.1) is 0 Å². The summed E-state index contributed by atoms with van der Waals surface area (Å²) in [4.78, 5) is 35.9. The van der Waals surface area contributed by atoms with Crippen molar-refractivity contribution in [3.8, 4) is 11.1 Å². The van der Waals surface area contributed by atoms with E-state index in [1.54, 1.807) is 6.92 Å². The van der Waals surface area contributed by atoms with Gasteiger partial charge in [-0.05, 0) is 29.2 Å². The van der Waals surface area contributed by atoms with Crippen LogP contribution in [0.3, 0.4) is 0 Å². The molecule has 1 fully saturated rings. The Morgan fingerprint density at radius 1 is 1.09 bits per heavy atom. The van der Waals surface area contributed by atoms with Gasteiger partial charge in [0.1, 0.15) is 13.2 Å². The summed E-state index contributed by atoms with van der Waals surface area (Å²) < 4.78 is 16.0. The lowest BCUT2D eigenvalue weighted by Crippen LogP contribution is -2.54. The first kappa shape index (κ1) is 23.7. The minimum Gasteiger partial charge on any atom is -0.480 e. The molecule has 2 amide bonds. The Bertz CT molecular complexity index is 1030. The predicted octanol–water partition coefficient (Wildman–Crippen LogP) is 2.15. The van der Waals surface area contributed by atoms with Crippen molar-refractivity contribution in [1.29, 1.82) is 0 Å². The van der Waals surface area contributed by atoms with Gasteiger partial charge in [-0.25, -0.2) is 9.59 Å². The van der Waals surface area contributed by atoms with Crippen molar-refractivity contribution in [2.24, 2.45) is 5.41 Å². The fraction of sp³-hybridized carbons (Fsp3) is 0.400. The summed E-state index contributed by atoms with van der Waals surface area (Å²) in [6, 6.07) is 15.6. The van der Waals surface area contributed by atoms with E-state index in [4.69, 9.17) is 19.3 Å². The summed E-state index contributed by atoms with van der Waals surface area (Å²) in [6.07, 6.45) is -0.610. The fourth-order valence-corrected chi connectivity index (χ4v) is 4.48. The quantitative estimate of drug-likeness (QED) is 0.482. The van der Waals surface area contributed by atoms with E-state index in [1.165, 1.54) is 0 Å². The second-order valence-corrected chi connectivity index (χ2v) is 8.66. The third-order valence-electron chi connectivity index (χ3n) is 6.37. The van der Waals surface area contributed by atoms with Crippen molar-refractivity contribution < 1.29 is 33.7 Å². The summed E-state index contributed by atoms with van der Waals surface area (Å²) in [7, 11) is 0. The summed E-state index contributed by atoms with van der Waals surface area (Å²) in [5, 5.41) is 14.1. The molecule has 2 aliphatic rings. The fourth-order valence-electron chi connectivity index (χ4n) is 4.48. The molecule has 1 heterocycles. The van der Waals surface area contributed by atoms with Crippen LogP contribution in [0.15, 0.2) is 48.5 Å². The minimum atomic E-state index is -1.07. The number of benzene rings is 2. The second-order valence-electron chi connectivity index (χ2n) is 8.66. The molecule has 0 spiro atoms. The first-order chi connectivity index (χ1) is 16.4. The molecule has 2 atom stereocenters. The van der Waals surface area contributed by atoms with Gasteiger partial charge in [0.25, 0.3) is 0 Å². The maximum atomic E-state index is 12.7. The van der Waals surface area contributed by atoms with E-state index in [1.807, 2.05) is 36.4 Å². The molecule has 180 valence electrons. The van der Waals surface area contributed by atoms with Crippen molar-refractivity contribution in [2.45, 2.75) is 18.9 Å². The van der Waals surface area contributed by atoms with E-state index >= 15 is 0 Å². The van der Waals surface area contributed by atoms with Gasteiger partial charge < -0.3 is 30.0 Å². The Kier molecular flexibility index (Phi) is 7.14. The minimum absolute atomic E-state index is 0.0570. The first-order valence-electron chi connectivity index (χ1n) is 11.2. The molecule has 3 N–H and O–H groups in total. The van der Waals surface area contributed by atoms with Crippen molar-refractivity contribution in [3.05, 3.63) is 59.7 Å². The number of hydrogen-bond donors (Lipinski definition) is 3. The lowest BCUT2D eigenvalue weighted by molar-refractivity contribution is -0.142. The van der Waals surface area contributed by atoms with Crippen LogP contribution in [0, 0.1) is 5.41 Å². The number of carboxylic acids is 1. The summed E-state index contributed by atoms with van der Waals surface area (Å²) in [5.41, 5.74) is 3.55. The van der Waals surface area contributed by atoms with Gasteiger partial charge in [-0.3, -0.25) is 4.79 Å². The molecule has 1 aliphatic carbocycles. The van der Waals surface area contributed by atoms with Crippen LogP contribution < -0.4 is 10.6 Å². The standard InChI is InChI=1S/C25H28N2O7/c1-25(23(30)26-10-11-32-14-22(28)29)15-33-13-21(25)27-24(31)34-12-20-18-8-4-2-6-16(18)17-7-3-5-9-19(17)20/h2-9,20-21H,10-15H2,1H3,(H,26,30)(H,27,31)(H,28,29). The summed E-state index contributed by atoms with van der Waals surface area (Å²) in [5.74, 6) is -1.44. The van der Waals surface area contributed by atoms with Gasteiger partial charge in [-0.2, -0.15) is 0 Å². The van der Waals surface area contributed by atoms with Crippen LogP contribution in [0.25, 0.3) is 11.1 Å². The number of carbonyl (C=O) groups is 3. The summed E-state index contributed by atoms with van der Waals surface area (Å²) >= 11 is 0. The van der Waals surface area contributed by atoms with Gasteiger partial charge in [-0.1, -0.05) is 48.5 Å². The number of hydrogen-bond acceptors (Lipinski definition) is 6. The van der Waals surface area contributed by atoms with E-state index in [0.29, 0.717) is 0 Å². The van der Waals surface area contributed by atoms with Gasteiger partial charge in [0.2, 0.25) is 5.91 Å². The van der Waals surface area contributed by atoms with Crippen molar-refractivity contribution in [3.63, 3.8) is 0 Å². The van der Waals surface area contributed by atoms with Crippen LogP contribution in [0.5, 0.6) is 0 Å². The molecule has 2 unspecified atom stereocenters. The molecule has 9 heteroatoms. The van der Waals surface area contributed by atoms with Crippen molar-refractivity contribution >= 4 is 18.0 Å². The Morgan fingerprint density at radius 2 is 1.74 bits per heavy atom. The topological polar surface area (TPSA) is 123 Å². The van der Waals surface area contributed by atoms with Crippen LogP contribution in [-0.2, 0) is 23.8 Å². The number of ether oxygens (including phenoxy) is 3. The van der Waals surface area contributed by atoms with Gasteiger partial charge in [0.15, 0.2) is 0 Å². The Morgan fingerprint density at radius 3 is 2.38 bits per heavy atom. The molecule has 0 bridgehead atoms. The van der Waals surface area contributed by atoms with Crippen molar-refractivity contribution in [2.75, 3.05) is 39.6 Å². The number of fused-ring (bicyclic) bond motifs is 3. The maximum Gasteiger partial charge on any atom is 0.407 e. The molecule has 0 aromatic heterocycles. The largest absolute Gasteiger partial charge is 0.480 e. The number of aliphatic carboxylic acids is 1. The zero-order chi connectivity index (χ0) is 24.1. The molecule has 34 heavy (non-hydrogen) atoms. The Balaban J connectivity index is 1.32. The highest BCUT2D eigenvalue weighted by molar-refractivity contribution is 5.84. The third-order valence-corrected chi connectivity index (χ3v) is 6.37. The number of amides is 2. The Hall–Kier alpha value is -3.43. The average Bonchev–Trinajstić information content (AvgIpc) is 3.35. The van der Waals surface area contributed by atoms with Crippen LogP contribution in [0.1, 0.15) is 24.0 Å². The molecule has 9 nitrogen and oxygen atoms in total. The summed E-state index contributed by atoms with van der Waals surface area (Å²) in [6.45, 7) is 2.01. The highest BCUT2D eigenvalue weighted by atomic mass is 16.6. The van der Waals surface area contributed by atoms with E-state index in [0.717, 1.165) is 22.3 Å². The van der Waals surface area contributed by atoms with E-state index < -0.39 is 30.1 Å². The van der Waals surface area contributed by atoms with Gasteiger partial charge in [0, 0.05) is 12.5 Å². The highest BCUT2D eigenvalue weighted by Gasteiger charge is 2.47. The van der Waals surface area contributed by atoms with Gasteiger partial charge in [0.05, 0.1) is 31.3 Å². The molecule has 2 aromatic rings. The molecular formula is C25H28N2O7. The van der Waals surface area contributed by atoms with E-state index in [9.17, 15) is 14.4 Å². The maximum absolute atomic E-state index is 12.7. The number of carboxylic acid groups (broad SMARTS) is 1. The number of carbonyl (C=O) groups excluding carboxylic acids is 2. The lowest BCUT2D eigenvalue weighted by atomic mass is 9.84. The van der Waals surface area contributed by atoms with Crippen LogP contribution >= 0.6 is 0 Å². The predicted molar refractivity (Wildman–Crippen MR) is 122 cm³/mol. The first-order valence-corrected chi connectivity index (χ1v) is 11.2. The average molecular weight is 469 g/mol. The van der Waals surface area contributed by atoms with Crippen LogP contribution in [-0.4, -0.2) is 68.7 Å². The zero-order valence-electron chi connectivity index (χ0n) is 18.9. The third kappa shape index (κ3) is 4.90. The molecular weight excluding hydrogens is 440 g/mol. The molecule has 0 radical (unpaired) electrons. The molecule has 4 rings (SSSR count). The van der Waals surface area contributed by atoms with E-state index in [2.05, 4.69) is 22.8 Å². The zero-order valence-corrected chi connectivity index (χ0v) is 18.9. The van der Waals surface area contributed by atoms with Crippen LogP contribution in [0.4, 0.5) is 4.79 Å². The van der Waals surface area contributed by atoms with Gasteiger partial charge >= 0.3 is 12.1 Å². The monoisotopic (exact) mass is 468 g/mol. The Labute approximate surface area is 197 Å².